The van der Waals surface area contributed by atoms with Gasteiger partial charge in [-0.15, -0.1) is 6.42 Å². The fraction of sp³-hybridized carbons (Fsp3) is 0.222. The van der Waals surface area contributed by atoms with Crippen LogP contribution >= 0.6 is 0 Å². The van der Waals surface area contributed by atoms with Crippen molar-refractivity contribution in [2.75, 3.05) is 13.6 Å². The van der Waals surface area contributed by atoms with E-state index < -0.39 is 0 Å². The maximum Gasteiger partial charge on any atom is 0.255 e. The van der Waals surface area contributed by atoms with Crippen molar-refractivity contribution < 1.29 is 4.79 Å². The van der Waals surface area contributed by atoms with Gasteiger partial charge in [0.1, 0.15) is 0 Å². The zero-order valence-electron chi connectivity index (χ0n) is 12.1. The van der Waals surface area contributed by atoms with E-state index >= 15 is 0 Å². The number of aromatic nitrogens is 1. The average molecular weight is 278 g/mol. The molecule has 0 unspecified atom stereocenters. The molecule has 0 spiro atoms. The zero-order valence-corrected chi connectivity index (χ0v) is 12.1. The standard InChI is InChI=1S/C18H18N2O/c1-3-15-12-17(14-19-13-15)18(21)20(2)11-7-10-16-8-5-4-6-9-16/h1,4-6,8-9,12-14H,7,10-11H2,2H3. The molecule has 0 bridgehead atoms. The maximum absolute atomic E-state index is 12.3. The number of terminal acetylenes is 1. The molecule has 0 saturated heterocycles. The van der Waals surface area contributed by atoms with Crippen LogP contribution in [-0.2, 0) is 6.42 Å². The third kappa shape index (κ3) is 4.19. The average Bonchev–Trinajstić information content (AvgIpc) is 2.55. The summed E-state index contributed by atoms with van der Waals surface area (Å²) in [6.45, 7) is 0.702. The minimum atomic E-state index is -0.0485. The Balaban J connectivity index is 1.89. The molecule has 106 valence electrons. The van der Waals surface area contributed by atoms with Crippen LogP contribution in [0.1, 0.15) is 27.9 Å². The van der Waals surface area contributed by atoms with Crippen LogP contribution in [0.5, 0.6) is 0 Å². The van der Waals surface area contributed by atoms with Crippen LogP contribution in [0.3, 0.4) is 0 Å². The molecular weight excluding hydrogens is 260 g/mol. The summed E-state index contributed by atoms with van der Waals surface area (Å²) >= 11 is 0. The summed E-state index contributed by atoms with van der Waals surface area (Å²) in [7, 11) is 1.80. The van der Waals surface area contributed by atoms with Gasteiger partial charge in [-0.05, 0) is 24.5 Å². The van der Waals surface area contributed by atoms with Gasteiger partial charge in [0, 0.05) is 31.5 Å². The van der Waals surface area contributed by atoms with E-state index in [0.29, 0.717) is 17.7 Å². The molecule has 1 heterocycles. The first-order chi connectivity index (χ1) is 10.2. The lowest BCUT2D eigenvalue weighted by Gasteiger charge is -2.17. The Morgan fingerprint density at radius 1 is 1.29 bits per heavy atom. The third-order valence-corrected chi connectivity index (χ3v) is 3.30. The first-order valence-corrected chi connectivity index (χ1v) is 6.92. The van der Waals surface area contributed by atoms with Crippen molar-refractivity contribution in [1.82, 2.24) is 9.88 Å². The molecule has 0 aliphatic rings. The highest BCUT2D eigenvalue weighted by Gasteiger charge is 2.12. The van der Waals surface area contributed by atoms with Crippen molar-refractivity contribution in [2.45, 2.75) is 12.8 Å². The summed E-state index contributed by atoms with van der Waals surface area (Å²) in [5, 5.41) is 0. The quantitative estimate of drug-likeness (QED) is 0.788. The lowest BCUT2D eigenvalue weighted by Crippen LogP contribution is -2.28. The topological polar surface area (TPSA) is 33.2 Å². The second-order valence-corrected chi connectivity index (χ2v) is 4.92. The molecule has 2 aromatic rings. The SMILES string of the molecule is C#Cc1cncc(C(=O)N(C)CCCc2ccccc2)c1. The molecule has 21 heavy (non-hydrogen) atoms. The lowest BCUT2D eigenvalue weighted by molar-refractivity contribution is 0.0793. The van der Waals surface area contributed by atoms with Crippen LogP contribution in [-0.4, -0.2) is 29.4 Å². The van der Waals surface area contributed by atoms with Gasteiger partial charge in [0.25, 0.3) is 5.91 Å². The monoisotopic (exact) mass is 278 g/mol. The largest absolute Gasteiger partial charge is 0.342 e. The molecule has 0 N–H and O–H groups in total. The highest BCUT2D eigenvalue weighted by atomic mass is 16.2. The summed E-state index contributed by atoms with van der Waals surface area (Å²) in [5.74, 6) is 2.44. The zero-order chi connectivity index (χ0) is 15.1. The molecule has 3 nitrogen and oxygen atoms in total. The number of nitrogens with zero attached hydrogens (tertiary/aromatic N) is 2. The third-order valence-electron chi connectivity index (χ3n) is 3.30. The van der Waals surface area contributed by atoms with Crippen LogP contribution in [0, 0.1) is 12.3 Å². The Hall–Kier alpha value is -2.60. The van der Waals surface area contributed by atoms with E-state index in [-0.39, 0.29) is 5.91 Å². The van der Waals surface area contributed by atoms with Crippen molar-refractivity contribution in [2.24, 2.45) is 0 Å². The molecule has 0 atom stereocenters. The minimum absolute atomic E-state index is 0.0485. The van der Waals surface area contributed by atoms with Crippen molar-refractivity contribution in [3.63, 3.8) is 0 Å². The van der Waals surface area contributed by atoms with Gasteiger partial charge >= 0.3 is 0 Å². The van der Waals surface area contributed by atoms with Crippen LogP contribution in [0.4, 0.5) is 0 Å². The van der Waals surface area contributed by atoms with Gasteiger partial charge in [0.2, 0.25) is 0 Å². The number of amides is 1. The number of hydrogen-bond donors (Lipinski definition) is 0. The number of aryl methyl sites for hydroxylation is 1. The van der Waals surface area contributed by atoms with Gasteiger partial charge < -0.3 is 4.90 Å². The van der Waals surface area contributed by atoms with Gasteiger partial charge in [-0.25, -0.2) is 0 Å². The van der Waals surface area contributed by atoms with E-state index in [2.05, 4.69) is 23.0 Å². The first kappa shape index (κ1) is 14.8. The van der Waals surface area contributed by atoms with Gasteiger partial charge in [0.15, 0.2) is 0 Å². The van der Waals surface area contributed by atoms with E-state index in [1.165, 1.54) is 5.56 Å². The Labute approximate surface area is 125 Å². The molecule has 1 amide bonds. The summed E-state index contributed by atoms with van der Waals surface area (Å²) < 4.78 is 0. The second kappa shape index (κ2) is 7.25. The Bertz CT molecular complexity index is 644. The molecule has 0 aliphatic heterocycles. The molecule has 1 aromatic heterocycles. The second-order valence-electron chi connectivity index (χ2n) is 4.92. The van der Waals surface area contributed by atoms with Gasteiger partial charge in [-0.3, -0.25) is 9.78 Å². The normalized spacial score (nSPS) is 9.90. The number of hydrogen-bond acceptors (Lipinski definition) is 2. The van der Waals surface area contributed by atoms with E-state index in [4.69, 9.17) is 6.42 Å². The van der Waals surface area contributed by atoms with E-state index in [9.17, 15) is 4.79 Å². The van der Waals surface area contributed by atoms with Gasteiger partial charge in [0.05, 0.1) is 5.56 Å². The van der Waals surface area contributed by atoms with Crippen molar-refractivity contribution >= 4 is 5.91 Å². The highest BCUT2D eigenvalue weighted by Crippen LogP contribution is 2.07. The van der Waals surface area contributed by atoms with Crippen LogP contribution in [0.15, 0.2) is 48.8 Å². The number of benzene rings is 1. The molecule has 1 aromatic carbocycles. The van der Waals surface area contributed by atoms with Crippen molar-refractivity contribution in [3.05, 3.63) is 65.5 Å². The van der Waals surface area contributed by atoms with E-state index in [1.54, 1.807) is 30.4 Å². The molecule has 0 fully saturated rings. The molecule has 0 saturated carbocycles. The Morgan fingerprint density at radius 2 is 2.05 bits per heavy atom. The Morgan fingerprint density at radius 3 is 2.76 bits per heavy atom. The molecule has 0 radical (unpaired) electrons. The van der Waals surface area contributed by atoms with E-state index in [0.717, 1.165) is 12.8 Å². The highest BCUT2D eigenvalue weighted by molar-refractivity contribution is 5.94. The summed E-state index contributed by atoms with van der Waals surface area (Å²) in [6.07, 6.45) is 10.3. The van der Waals surface area contributed by atoms with E-state index in [1.807, 2.05) is 18.2 Å². The maximum atomic E-state index is 12.3. The summed E-state index contributed by atoms with van der Waals surface area (Å²) in [4.78, 5) is 18.0. The predicted molar refractivity (Wildman–Crippen MR) is 83.9 cm³/mol. The van der Waals surface area contributed by atoms with Crippen molar-refractivity contribution in [3.8, 4) is 12.3 Å². The smallest absolute Gasteiger partial charge is 0.255 e. The predicted octanol–water partition coefficient (Wildman–Crippen LogP) is 2.77. The van der Waals surface area contributed by atoms with Gasteiger partial charge in [-0.1, -0.05) is 36.3 Å². The van der Waals surface area contributed by atoms with Crippen LogP contribution < -0.4 is 0 Å². The molecular formula is C18H18N2O. The fourth-order valence-corrected chi connectivity index (χ4v) is 2.12. The fourth-order valence-electron chi connectivity index (χ4n) is 2.12. The Kier molecular flexibility index (Phi) is 5.11. The van der Waals surface area contributed by atoms with Crippen LogP contribution in [0.25, 0.3) is 0 Å². The number of rotatable bonds is 5. The molecule has 2 rings (SSSR count). The number of carbonyl (C=O) groups is 1. The summed E-state index contributed by atoms with van der Waals surface area (Å²) in [5.41, 5.74) is 2.44. The van der Waals surface area contributed by atoms with Crippen molar-refractivity contribution in [1.29, 1.82) is 0 Å². The number of pyridine rings is 1. The minimum Gasteiger partial charge on any atom is -0.342 e. The lowest BCUT2D eigenvalue weighted by atomic mass is 10.1. The van der Waals surface area contributed by atoms with Crippen LogP contribution in [0.2, 0.25) is 0 Å². The van der Waals surface area contributed by atoms with Gasteiger partial charge in [-0.2, -0.15) is 0 Å². The number of carbonyl (C=O) groups excluding carboxylic acids is 1. The first-order valence-electron chi connectivity index (χ1n) is 6.92. The summed E-state index contributed by atoms with van der Waals surface area (Å²) in [6, 6.07) is 12.0. The molecule has 3 heteroatoms. The molecule has 0 aliphatic carbocycles.